The highest BCUT2D eigenvalue weighted by molar-refractivity contribution is 6.42. The maximum absolute atomic E-state index is 12.7. The minimum Gasteiger partial charge on any atom is -0.480 e. The number of rotatable bonds is 4. The Balaban J connectivity index is 2.25. The maximum atomic E-state index is 12.7. The van der Waals surface area contributed by atoms with Crippen molar-refractivity contribution in [1.82, 2.24) is 14.1 Å². The molecule has 0 amide bonds. The van der Waals surface area contributed by atoms with E-state index < -0.39 is 23.8 Å². The van der Waals surface area contributed by atoms with Gasteiger partial charge in [0.15, 0.2) is 0 Å². The van der Waals surface area contributed by atoms with Crippen LogP contribution in [0.3, 0.4) is 0 Å². The minimum atomic E-state index is -1.29. The van der Waals surface area contributed by atoms with Gasteiger partial charge >= 0.3 is 11.7 Å². The lowest BCUT2D eigenvalue weighted by Crippen LogP contribution is -2.42. The van der Waals surface area contributed by atoms with E-state index in [1.54, 1.807) is 24.3 Å². The van der Waals surface area contributed by atoms with Crippen molar-refractivity contribution >= 4 is 40.2 Å². The Hall–Kier alpha value is -2.64. The predicted molar refractivity (Wildman–Crippen MR) is 93.5 cm³/mol. The molecule has 0 saturated heterocycles. The van der Waals surface area contributed by atoms with Gasteiger partial charge in [0, 0.05) is 6.20 Å². The number of aliphatic carboxylic acids is 1. The zero-order valence-electron chi connectivity index (χ0n) is 12.6. The minimum absolute atomic E-state index is 0.0587. The Morgan fingerprint density at radius 2 is 1.88 bits per heavy atom. The molecular weight excluding hydrogens is 369 g/mol. The second-order valence-electron chi connectivity index (χ2n) is 5.28. The van der Waals surface area contributed by atoms with Gasteiger partial charge in [-0.25, -0.2) is 14.3 Å². The molecule has 0 spiro atoms. The van der Waals surface area contributed by atoms with Gasteiger partial charge in [-0.05, 0) is 29.8 Å². The highest BCUT2D eigenvalue weighted by Gasteiger charge is 2.16. The van der Waals surface area contributed by atoms with Gasteiger partial charge in [-0.1, -0.05) is 29.3 Å². The van der Waals surface area contributed by atoms with Crippen LogP contribution in [0.1, 0.15) is 5.56 Å². The standard InChI is InChI=1S/C16H11Cl2N3O4/c17-11-4-3-9(6-12(11)18)7-20-14-10(2-1-5-19-14)15(24)21(16(20)25)8-13(22)23/h1-6H,7-8H2,(H,22,23). The van der Waals surface area contributed by atoms with Crippen molar-refractivity contribution in [2.75, 3.05) is 0 Å². The molecule has 0 fully saturated rings. The first kappa shape index (κ1) is 17.2. The lowest BCUT2D eigenvalue weighted by atomic mass is 10.2. The topological polar surface area (TPSA) is 94.2 Å². The van der Waals surface area contributed by atoms with Crippen LogP contribution in [0.15, 0.2) is 46.1 Å². The van der Waals surface area contributed by atoms with Crippen molar-refractivity contribution in [3.8, 4) is 0 Å². The largest absolute Gasteiger partial charge is 0.480 e. The average Bonchev–Trinajstić information content (AvgIpc) is 2.58. The Labute approximate surface area is 150 Å². The molecule has 1 aromatic carbocycles. The summed E-state index contributed by atoms with van der Waals surface area (Å²) in [6.07, 6.45) is 1.45. The molecule has 0 aliphatic rings. The normalized spacial score (nSPS) is 11.0. The molecule has 9 heteroatoms. The maximum Gasteiger partial charge on any atom is 0.333 e. The summed E-state index contributed by atoms with van der Waals surface area (Å²) in [6, 6.07) is 7.91. The van der Waals surface area contributed by atoms with Gasteiger partial charge in [-0.2, -0.15) is 0 Å². The summed E-state index contributed by atoms with van der Waals surface area (Å²) in [4.78, 5) is 40.2. The number of benzene rings is 1. The molecule has 0 aliphatic heterocycles. The molecule has 3 rings (SSSR count). The lowest BCUT2D eigenvalue weighted by molar-refractivity contribution is -0.137. The van der Waals surface area contributed by atoms with Crippen molar-refractivity contribution in [2.24, 2.45) is 0 Å². The van der Waals surface area contributed by atoms with Crippen LogP contribution in [0.2, 0.25) is 10.0 Å². The number of carbonyl (C=O) groups is 1. The number of fused-ring (bicyclic) bond motifs is 1. The molecule has 0 radical (unpaired) electrons. The summed E-state index contributed by atoms with van der Waals surface area (Å²) in [5.41, 5.74) is -0.625. The number of hydrogen-bond acceptors (Lipinski definition) is 4. The van der Waals surface area contributed by atoms with Crippen LogP contribution in [0, 0.1) is 0 Å². The molecule has 0 saturated carbocycles. The van der Waals surface area contributed by atoms with E-state index in [0.717, 1.165) is 0 Å². The summed E-state index contributed by atoms with van der Waals surface area (Å²) < 4.78 is 1.91. The summed E-state index contributed by atoms with van der Waals surface area (Å²) in [7, 11) is 0. The van der Waals surface area contributed by atoms with Crippen molar-refractivity contribution in [2.45, 2.75) is 13.1 Å². The fourth-order valence-corrected chi connectivity index (χ4v) is 2.81. The smallest absolute Gasteiger partial charge is 0.333 e. The quantitative estimate of drug-likeness (QED) is 0.747. The van der Waals surface area contributed by atoms with Gasteiger partial charge in [-0.3, -0.25) is 14.2 Å². The van der Waals surface area contributed by atoms with E-state index in [4.69, 9.17) is 28.3 Å². The van der Waals surface area contributed by atoms with Gasteiger partial charge < -0.3 is 5.11 Å². The molecule has 0 atom stereocenters. The van der Waals surface area contributed by atoms with Crippen molar-refractivity contribution in [1.29, 1.82) is 0 Å². The Morgan fingerprint density at radius 1 is 1.12 bits per heavy atom. The Bertz CT molecular complexity index is 1100. The monoisotopic (exact) mass is 379 g/mol. The van der Waals surface area contributed by atoms with Crippen LogP contribution in [-0.4, -0.2) is 25.2 Å². The van der Waals surface area contributed by atoms with Crippen LogP contribution >= 0.6 is 23.2 Å². The van der Waals surface area contributed by atoms with Gasteiger partial charge in [0.25, 0.3) is 5.56 Å². The number of hydrogen-bond donors (Lipinski definition) is 1. The van der Waals surface area contributed by atoms with Crippen LogP contribution in [0.5, 0.6) is 0 Å². The third-order valence-electron chi connectivity index (χ3n) is 3.60. The second-order valence-corrected chi connectivity index (χ2v) is 6.09. The first-order valence-corrected chi connectivity index (χ1v) is 7.88. The average molecular weight is 380 g/mol. The van der Waals surface area contributed by atoms with E-state index >= 15 is 0 Å². The van der Waals surface area contributed by atoms with Crippen molar-refractivity contribution in [3.05, 3.63) is 73.0 Å². The van der Waals surface area contributed by atoms with Gasteiger partial charge in [-0.15, -0.1) is 0 Å². The van der Waals surface area contributed by atoms with E-state index in [1.807, 2.05) is 0 Å². The van der Waals surface area contributed by atoms with E-state index in [0.29, 0.717) is 20.2 Å². The summed E-state index contributed by atoms with van der Waals surface area (Å²) in [5.74, 6) is -1.29. The first-order chi connectivity index (χ1) is 11.9. The number of carboxylic acids is 1. The molecule has 2 heterocycles. The van der Waals surface area contributed by atoms with Crippen LogP contribution < -0.4 is 11.2 Å². The molecular formula is C16H11Cl2N3O4. The molecule has 128 valence electrons. The third-order valence-corrected chi connectivity index (χ3v) is 4.34. The number of pyridine rings is 1. The van der Waals surface area contributed by atoms with Crippen LogP contribution in [0.4, 0.5) is 0 Å². The number of aromatic nitrogens is 3. The molecule has 0 aliphatic carbocycles. The molecule has 7 nitrogen and oxygen atoms in total. The second kappa shape index (κ2) is 6.70. The van der Waals surface area contributed by atoms with Crippen molar-refractivity contribution in [3.63, 3.8) is 0 Å². The number of halogens is 2. The highest BCUT2D eigenvalue weighted by Crippen LogP contribution is 2.23. The van der Waals surface area contributed by atoms with Crippen LogP contribution in [-0.2, 0) is 17.9 Å². The Morgan fingerprint density at radius 3 is 2.56 bits per heavy atom. The fourth-order valence-electron chi connectivity index (χ4n) is 2.49. The highest BCUT2D eigenvalue weighted by atomic mass is 35.5. The summed E-state index contributed by atoms with van der Waals surface area (Å²) in [6.45, 7) is -0.674. The number of nitrogens with zero attached hydrogens (tertiary/aromatic N) is 3. The Kier molecular flexibility index (Phi) is 4.61. The first-order valence-electron chi connectivity index (χ1n) is 7.12. The third kappa shape index (κ3) is 3.29. The van der Waals surface area contributed by atoms with E-state index in [-0.39, 0.29) is 17.6 Å². The zero-order chi connectivity index (χ0) is 18.1. The van der Waals surface area contributed by atoms with E-state index in [1.165, 1.54) is 16.8 Å². The van der Waals surface area contributed by atoms with Crippen LogP contribution in [0.25, 0.3) is 11.0 Å². The molecule has 0 unspecified atom stereocenters. The predicted octanol–water partition coefficient (Wildman–Crippen LogP) is 2.00. The number of carboxylic acid groups (broad SMARTS) is 1. The van der Waals surface area contributed by atoms with Gasteiger partial charge in [0.2, 0.25) is 0 Å². The van der Waals surface area contributed by atoms with E-state index in [2.05, 4.69) is 4.98 Å². The fraction of sp³-hybridized carbons (Fsp3) is 0.125. The SMILES string of the molecule is O=C(O)Cn1c(=O)c2cccnc2n(Cc2ccc(Cl)c(Cl)c2)c1=O. The molecule has 3 aromatic rings. The molecule has 25 heavy (non-hydrogen) atoms. The lowest BCUT2D eigenvalue weighted by Gasteiger charge is -2.12. The van der Waals surface area contributed by atoms with Gasteiger partial charge in [0.05, 0.1) is 22.0 Å². The van der Waals surface area contributed by atoms with Gasteiger partial charge in [0.1, 0.15) is 12.2 Å². The molecule has 0 bridgehead atoms. The molecule has 2 aromatic heterocycles. The zero-order valence-corrected chi connectivity index (χ0v) is 14.2. The molecule has 1 N–H and O–H groups in total. The van der Waals surface area contributed by atoms with E-state index in [9.17, 15) is 14.4 Å². The summed E-state index contributed by atoms with van der Waals surface area (Å²) in [5, 5.41) is 9.83. The summed E-state index contributed by atoms with van der Waals surface area (Å²) >= 11 is 11.9. The van der Waals surface area contributed by atoms with Crippen molar-refractivity contribution < 1.29 is 9.90 Å².